The Hall–Kier alpha value is -2.69. The fourth-order valence-electron chi connectivity index (χ4n) is 2.25. The predicted molar refractivity (Wildman–Crippen MR) is 95.8 cm³/mol. The van der Waals surface area contributed by atoms with Crippen LogP contribution in [0.1, 0.15) is 6.42 Å². The van der Waals surface area contributed by atoms with Crippen LogP contribution in [0.2, 0.25) is 0 Å². The maximum atomic E-state index is 11.8. The second kappa shape index (κ2) is 9.45. The largest absolute Gasteiger partial charge is 0.497 e. The topological polar surface area (TPSA) is 50.8 Å². The summed E-state index contributed by atoms with van der Waals surface area (Å²) >= 11 is 0. The fraction of sp³-hybridized carbons (Fsp3) is 0.316. The molecule has 0 fully saturated rings. The van der Waals surface area contributed by atoms with Crippen molar-refractivity contribution >= 4 is 11.6 Å². The summed E-state index contributed by atoms with van der Waals surface area (Å²) in [5.41, 5.74) is 1.17. The number of ether oxygens (including phenoxy) is 2. The number of nitrogens with one attached hydrogen (secondary N) is 1. The summed E-state index contributed by atoms with van der Waals surface area (Å²) in [4.78, 5) is 14.0. The smallest absolute Gasteiger partial charge is 0.257 e. The Balaban J connectivity index is 1.63. The predicted octanol–water partition coefficient (Wildman–Crippen LogP) is 2.72. The molecule has 24 heavy (non-hydrogen) atoms. The van der Waals surface area contributed by atoms with E-state index in [1.165, 1.54) is 5.69 Å². The summed E-state index contributed by atoms with van der Waals surface area (Å²) in [6, 6.07) is 17.4. The average Bonchev–Trinajstić information content (AvgIpc) is 2.64. The SMILES string of the molecule is COc1cccc(OCC(=O)NCCCN(C)c2ccccc2)c1. The van der Waals surface area contributed by atoms with E-state index >= 15 is 0 Å². The Bertz CT molecular complexity index is 632. The molecule has 0 bridgehead atoms. The summed E-state index contributed by atoms with van der Waals surface area (Å²) in [5.74, 6) is 1.20. The van der Waals surface area contributed by atoms with Crippen LogP contribution in [0.4, 0.5) is 5.69 Å². The van der Waals surface area contributed by atoms with E-state index in [1.54, 1.807) is 19.2 Å². The van der Waals surface area contributed by atoms with Crippen molar-refractivity contribution in [2.24, 2.45) is 0 Å². The second-order valence-electron chi connectivity index (χ2n) is 5.43. The summed E-state index contributed by atoms with van der Waals surface area (Å²) in [6.45, 7) is 1.50. The van der Waals surface area contributed by atoms with Crippen molar-refractivity contribution < 1.29 is 14.3 Å². The van der Waals surface area contributed by atoms with E-state index in [4.69, 9.17) is 9.47 Å². The van der Waals surface area contributed by atoms with Gasteiger partial charge in [-0.2, -0.15) is 0 Å². The third-order valence-corrected chi connectivity index (χ3v) is 3.60. The molecular weight excluding hydrogens is 304 g/mol. The Morgan fingerprint density at radius 1 is 1.08 bits per heavy atom. The van der Waals surface area contributed by atoms with Crippen molar-refractivity contribution in [2.45, 2.75) is 6.42 Å². The van der Waals surface area contributed by atoms with Crippen LogP contribution >= 0.6 is 0 Å². The molecule has 0 saturated heterocycles. The number of carbonyl (C=O) groups excluding carboxylic acids is 1. The van der Waals surface area contributed by atoms with Crippen LogP contribution in [-0.4, -0.2) is 39.8 Å². The van der Waals surface area contributed by atoms with Crippen molar-refractivity contribution in [3.8, 4) is 11.5 Å². The summed E-state index contributed by atoms with van der Waals surface area (Å²) in [5, 5.41) is 2.87. The monoisotopic (exact) mass is 328 g/mol. The van der Waals surface area contributed by atoms with Gasteiger partial charge in [0.1, 0.15) is 11.5 Å². The molecule has 0 heterocycles. The normalized spacial score (nSPS) is 10.1. The highest BCUT2D eigenvalue weighted by Crippen LogP contribution is 2.18. The Morgan fingerprint density at radius 2 is 1.83 bits per heavy atom. The van der Waals surface area contributed by atoms with Crippen molar-refractivity contribution in [3.05, 3.63) is 54.6 Å². The van der Waals surface area contributed by atoms with Gasteiger partial charge in [-0.25, -0.2) is 0 Å². The molecule has 0 aromatic heterocycles. The lowest BCUT2D eigenvalue weighted by Crippen LogP contribution is -2.31. The maximum absolute atomic E-state index is 11.8. The first-order valence-electron chi connectivity index (χ1n) is 7.99. The molecule has 5 heteroatoms. The lowest BCUT2D eigenvalue weighted by Gasteiger charge is -2.19. The van der Waals surface area contributed by atoms with Gasteiger partial charge >= 0.3 is 0 Å². The van der Waals surface area contributed by atoms with Crippen LogP contribution in [0.3, 0.4) is 0 Å². The van der Waals surface area contributed by atoms with Gasteiger partial charge in [0, 0.05) is 31.9 Å². The molecule has 0 saturated carbocycles. The van der Waals surface area contributed by atoms with Crippen LogP contribution in [0, 0.1) is 0 Å². The maximum Gasteiger partial charge on any atom is 0.257 e. The van der Waals surface area contributed by atoms with Gasteiger partial charge in [0.05, 0.1) is 7.11 Å². The van der Waals surface area contributed by atoms with Crippen LogP contribution in [0.5, 0.6) is 11.5 Å². The van der Waals surface area contributed by atoms with Crippen LogP contribution in [-0.2, 0) is 4.79 Å². The summed E-state index contributed by atoms with van der Waals surface area (Å²) < 4.78 is 10.6. The quantitative estimate of drug-likeness (QED) is 0.719. The zero-order valence-corrected chi connectivity index (χ0v) is 14.2. The first-order valence-corrected chi connectivity index (χ1v) is 7.99. The third-order valence-electron chi connectivity index (χ3n) is 3.60. The number of nitrogens with zero attached hydrogens (tertiary/aromatic N) is 1. The van der Waals surface area contributed by atoms with Gasteiger partial charge in [-0.15, -0.1) is 0 Å². The molecular formula is C19H24N2O3. The van der Waals surface area contributed by atoms with E-state index in [1.807, 2.05) is 37.4 Å². The summed E-state index contributed by atoms with van der Waals surface area (Å²) in [6.07, 6.45) is 0.871. The number of benzene rings is 2. The molecule has 0 atom stereocenters. The molecule has 5 nitrogen and oxygen atoms in total. The van der Waals surface area contributed by atoms with Gasteiger partial charge in [0.2, 0.25) is 0 Å². The van der Waals surface area contributed by atoms with E-state index in [0.717, 1.165) is 13.0 Å². The van der Waals surface area contributed by atoms with E-state index in [0.29, 0.717) is 18.0 Å². The van der Waals surface area contributed by atoms with Gasteiger partial charge in [0.25, 0.3) is 5.91 Å². The molecule has 128 valence electrons. The highest BCUT2D eigenvalue weighted by atomic mass is 16.5. The minimum Gasteiger partial charge on any atom is -0.497 e. The summed E-state index contributed by atoms with van der Waals surface area (Å²) in [7, 11) is 3.64. The standard InChI is InChI=1S/C19H24N2O3/c1-21(16-8-4-3-5-9-16)13-7-12-20-19(22)15-24-18-11-6-10-17(14-18)23-2/h3-6,8-11,14H,7,12-13,15H2,1-2H3,(H,20,22). The van der Waals surface area contributed by atoms with Gasteiger partial charge in [-0.05, 0) is 30.7 Å². The number of hydrogen-bond donors (Lipinski definition) is 1. The van der Waals surface area contributed by atoms with Crippen molar-refractivity contribution in [3.63, 3.8) is 0 Å². The Labute approximate surface area is 143 Å². The van der Waals surface area contributed by atoms with E-state index < -0.39 is 0 Å². The number of hydrogen-bond acceptors (Lipinski definition) is 4. The molecule has 0 unspecified atom stereocenters. The van der Waals surface area contributed by atoms with Crippen molar-refractivity contribution in [1.29, 1.82) is 0 Å². The van der Waals surface area contributed by atoms with E-state index in [-0.39, 0.29) is 12.5 Å². The number of rotatable bonds is 9. The molecule has 1 amide bonds. The zero-order valence-electron chi connectivity index (χ0n) is 14.2. The highest BCUT2D eigenvalue weighted by Gasteiger charge is 2.04. The Kier molecular flexibility index (Phi) is 6.95. The van der Waals surface area contributed by atoms with Crippen LogP contribution < -0.4 is 19.7 Å². The molecule has 0 aliphatic rings. The molecule has 0 radical (unpaired) electrons. The van der Waals surface area contributed by atoms with E-state index in [9.17, 15) is 4.79 Å². The first kappa shape index (κ1) is 17.7. The molecule has 0 aliphatic heterocycles. The lowest BCUT2D eigenvalue weighted by molar-refractivity contribution is -0.123. The molecule has 1 N–H and O–H groups in total. The van der Waals surface area contributed by atoms with Crippen molar-refractivity contribution in [1.82, 2.24) is 5.32 Å². The van der Waals surface area contributed by atoms with Crippen LogP contribution in [0.25, 0.3) is 0 Å². The number of amides is 1. The first-order chi connectivity index (χ1) is 11.7. The van der Waals surface area contributed by atoms with Gasteiger partial charge in [-0.3, -0.25) is 4.79 Å². The third kappa shape index (κ3) is 5.83. The molecule has 0 aliphatic carbocycles. The zero-order chi connectivity index (χ0) is 17.2. The number of carbonyl (C=O) groups is 1. The molecule has 2 aromatic carbocycles. The number of anilines is 1. The van der Waals surface area contributed by atoms with Crippen LogP contribution in [0.15, 0.2) is 54.6 Å². The average molecular weight is 328 g/mol. The number of methoxy groups -OCH3 is 1. The molecule has 0 spiro atoms. The van der Waals surface area contributed by atoms with Gasteiger partial charge in [0.15, 0.2) is 6.61 Å². The number of para-hydroxylation sites is 1. The van der Waals surface area contributed by atoms with Gasteiger partial charge in [-0.1, -0.05) is 24.3 Å². The molecule has 2 aromatic rings. The van der Waals surface area contributed by atoms with E-state index in [2.05, 4.69) is 22.3 Å². The van der Waals surface area contributed by atoms with Crippen molar-refractivity contribution in [2.75, 3.05) is 38.8 Å². The minimum absolute atomic E-state index is 0.00168. The molecule has 2 rings (SSSR count). The Morgan fingerprint density at radius 3 is 2.58 bits per heavy atom. The second-order valence-corrected chi connectivity index (χ2v) is 5.43. The fourth-order valence-corrected chi connectivity index (χ4v) is 2.25. The van der Waals surface area contributed by atoms with Gasteiger partial charge < -0.3 is 19.7 Å². The highest BCUT2D eigenvalue weighted by molar-refractivity contribution is 5.77. The lowest BCUT2D eigenvalue weighted by atomic mass is 10.3. The minimum atomic E-state index is -0.125.